The molecule has 0 saturated carbocycles. The number of alkyl halides is 3. The first-order chi connectivity index (χ1) is 17.0. The van der Waals surface area contributed by atoms with Crippen molar-refractivity contribution in [1.82, 2.24) is 19.9 Å². The van der Waals surface area contributed by atoms with E-state index < -0.39 is 23.4 Å². The van der Waals surface area contributed by atoms with Crippen LogP contribution in [0, 0.1) is 6.92 Å². The first-order valence-electron chi connectivity index (χ1n) is 10.5. The van der Waals surface area contributed by atoms with Crippen molar-refractivity contribution in [2.75, 3.05) is 12.4 Å². The lowest BCUT2D eigenvalue weighted by Crippen LogP contribution is -2.23. The molecule has 0 fully saturated rings. The molecule has 0 radical (unpaired) electrons. The van der Waals surface area contributed by atoms with E-state index in [0.29, 0.717) is 16.3 Å². The van der Waals surface area contributed by atoms with Crippen LogP contribution in [-0.2, 0) is 16.5 Å². The average molecular weight is 516 g/mol. The maximum atomic E-state index is 13.0. The third-order valence-electron chi connectivity index (χ3n) is 5.21. The van der Waals surface area contributed by atoms with Gasteiger partial charge in [0.05, 0.1) is 12.0 Å². The number of rotatable bonds is 6. The molecule has 0 bridgehead atoms. The van der Waals surface area contributed by atoms with Gasteiger partial charge in [-0.05, 0) is 49.2 Å². The number of nitrogens with one attached hydrogen (secondary N) is 1. The Morgan fingerprint density at radius 3 is 2.53 bits per heavy atom. The van der Waals surface area contributed by atoms with E-state index >= 15 is 0 Å². The van der Waals surface area contributed by atoms with Crippen molar-refractivity contribution >= 4 is 28.9 Å². The largest absolute Gasteiger partial charge is 0.464 e. The fraction of sp³-hybridized carbons (Fsp3) is 0.208. The van der Waals surface area contributed by atoms with E-state index in [0.717, 1.165) is 28.3 Å². The van der Waals surface area contributed by atoms with E-state index in [1.165, 1.54) is 30.7 Å². The second-order valence-corrected chi connectivity index (χ2v) is 9.03. The summed E-state index contributed by atoms with van der Waals surface area (Å²) >= 11 is 1.24. The summed E-state index contributed by atoms with van der Waals surface area (Å²) in [5.41, 5.74) is 0.0895. The standard InChI is InChI=1S/C24H20F3N5O3S/c1-13-8-14(10-16(9-13)31-22-28-7-6-19(32-22)24(25,26)27)18-12-30-21(36-18)23(2,34)15-4-5-17(29-11-15)20(33)35-3/h4-12,34H,1-3H3,(H,28,31,32). The number of carbonyl (C=O) groups is 1. The minimum atomic E-state index is -4.58. The highest BCUT2D eigenvalue weighted by Crippen LogP contribution is 2.37. The van der Waals surface area contributed by atoms with Gasteiger partial charge in [0.25, 0.3) is 0 Å². The van der Waals surface area contributed by atoms with Gasteiger partial charge in [-0.25, -0.2) is 24.7 Å². The predicted molar refractivity (Wildman–Crippen MR) is 127 cm³/mol. The fourth-order valence-electron chi connectivity index (χ4n) is 3.37. The molecule has 4 aromatic rings. The van der Waals surface area contributed by atoms with E-state index in [2.05, 4.69) is 30.0 Å². The summed E-state index contributed by atoms with van der Waals surface area (Å²) in [6.45, 7) is 3.41. The van der Waals surface area contributed by atoms with Crippen LogP contribution < -0.4 is 5.32 Å². The monoisotopic (exact) mass is 515 g/mol. The van der Waals surface area contributed by atoms with Crippen LogP contribution in [0.5, 0.6) is 0 Å². The van der Waals surface area contributed by atoms with Crippen LogP contribution in [-0.4, -0.2) is 38.1 Å². The van der Waals surface area contributed by atoms with Gasteiger partial charge in [0, 0.05) is 29.8 Å². The molecular formula is C24H20F3N5O3S. The van der Waals surface area contributed by atoms with Gasteiger partial charge in [-0.15, -0.1) is 11.3 Å². The Balaban J connectivity index is 1.60. The SMILES string of the molecule is COC(=O)c1ccc(C(C)(O)c2ncc(-c3cc(C)cc(Nc4nccc(C(F)(F)F)n4)c3)s2)cn1. The van der Waals surface area contributed by atoms with E-state index in [9.17, 15) is 23.1 Å². The van der Waals surface area contributed by atoms with Crippen LogP contribution in [0.25, 0.3) is 10.4 Å². The zero-order valence-corrected chi connectivity index (χ0v) is 20.1. The Bertz CT molecular complexity index is 1400. The van der Waals surface area contributed by atoms with Crippen LogP contribution in [0.2, 0.25) is 0 Å². The number of hydrogen-bond donors (Lipinski definition) is 2. The third kappa shape index (κ3) is 5.34. The zero-order valence-electron chi connectivity index (χ0n) is 19.3. The van der Waals surface area contributed by atoms with Gasteiger partial charge < -0.3 is 15.2 Å². The number of pyridine rings is 1. The molecule has 8 nitrogen and oxygen atoms in total. The summed E-state index contributed by atoms with van der Waals surface area (Å²) in [5, 5.41) is 14.4. The highest BCUT2D eigenvalue weighted by molar-refractivity contribution is 7.15. The lowest BCUT2D eigenvalue weighted by Gasteiger charge is -2.20. The van der Waals surface area contributed by atoms with Gasteiger partial charge >= 0.3 is 12.1 Å². The zero-order chi connectivity index (χ0) is 26.1. The number of esters is 1. The molecule has 1 aromatic carbocycles. The smallest absolute Gasteiger partial charge is 0.433 e. The maximum absolute atomic E-state index is 13.0. The molecule has 2 N–H and O–H groups in total. The van der Waals surface area contributed by atoms with Crippen LogP contribution in [0.1, 0.15) is 39.2 Å². The van der Waals surface area contributed by atoms with Crippen LogP contribution in [0.4, 0.5) is 24.8 Å². The van der Waals surface area contributed by atoms with Gasteiger partial charge in [-0.2, -0.15) is 13.2 Å². The first kappa shape index (κ1) is 25.2. The average Bonchev–Trinajstić information content (AvgIpc) is 3.34. The minimum absolute atomic E-state index is 0.112. The molecule has 1 atom stereocenters. The second-order valence-electron chi connectivity index (χ2n) is 8.00. The Labute approximate surface area is 207 Å². The number of aliphatic hydroxyl groups is 1. The van der Waals surface area contributed by atoms with Crippen molar-refractivity contribution in [1.29, 1.82) is 0 Å². The van der Waals surface area contributed by atoms with E-state index in [-0.39, 0.29) is 11.6 Å². The molecule has 4 rings (SSSR count). The number of benzene rings is 1. The summed E-state index contributed by atoms with van der Waals surface area (Å²) in [6, 6.07) is 9.20. The highest BCUT2D eigenvalue weighted by Gasteiger charge is 2.33. The number of nitrogens with zero attached hydrogens (tertiary/aromatic N) is 4. The third-order valence-corrected chi connectivity index (χ3v) is 6.46. The maximum Gasteiger partial charge on any atom is 0.433 e. The molecule has 3 aromatic heterocycles. The number of halogens is 3. The number of methoxy groups -OCH3 is 1. The predicted octanol–water partition coefficient (Wildman–Crippen LogP) is 5.11. The molecule has 12 heteroatoms. The minimum Gasteiger partial charge on any atom is -0.464 e. The van der Waals surface area contributed by atoms with Crippen LogP contribution in [0.3, 0.4) is 0 Å². The normalized spacial score (nSPS) is 13.2. The van der Waals surface area contributed by atoms with Crippen molar-refractivity contribution in [3.63, 3.8) is 0 Å². The molecule has 0 aliphatic rings. The Hall–Kier alpha value is -3.90. The lowest BCUT2D eigenvalue weighted by atomic mass is 9.98. The van der Waals surface area contributed by atoms with Crippen LogP contribution >= 0.6 is 11.3 Å². The molecule has 3 heterocycles. The Morgan fingerprint density at radius 1 is 1.08 bits per heavy atom. The molecule has 0 amide bonds. The molecular weight excluding hydrogens is 495 g/mol. The highest BCUT2D eigenvalue weighted by atomic mass is 32.1. The summed E-state index contributed by atoms with van der Waals surface area (Å²) < 4.78 is 43.6. The topological polar surface area (TPSA) is 110 Å². The summed E-state index contributed by atoms with van der Waals surface area (Å²) in [4.78, 5) is 28.2. The molecule has 36 heavy (non-hydrogen) atoms. The van der Waals surface area contributed by atoms with Gasteiger partial charge in [0.15, 0.2) is 0 Å². The van der Waals surface area contributed by atoms with E-state index in [4.69, 9.17) is 0 Å². The second kappa shape index (κ2) is 9.63. The molecule has 186 valence electrons. The summed E-state index contributed by atoms with van der Waals surface area (Å²) in [7, 11) is 1.25. The van der Waals surface area contributed by atoms with Crippen LogP contribution in [0.15, 0.2) is 55.0 Å². The molecule has 1 unspecified atom stereocenters. The molecule has 0 saturated heterocycles. The van der Waals surface area contributed by atoms with Crippen molar-refractivity contribution in [2.45, 2.75) is 25.6 Å². The number of anilines is 2. The fourth-order valence-corrected chi connectivity index (χ4v) is 4.34. The number of carbonyl (C=O) groups excluding carboxylic acids is 1. The molecule has 0 aliphatic carbocycles. The Morgan fingerprint density at radius 2 is 1.86 bits per heavy atom. The van der Waals surface area contributed by atoms with Gasteiger partial charge in [0.2, 0.25) is 5.95 Å². The van der Waals surface area contributed by atoms with E-state index in [1.54, 1.807) is 31.3 Å². The number of hydrogen-bond acceptors (Lipinski definition) is 9. The number of aromatic nitrogens is 4. The van der Waals surface area contributed by atoms with E-state index in [1.807, 2.05) is 13.0 Å². The Kier molecular flexibility index (Phi) is 6.74. The first-order valence-corrected chi connectivity index (χ1v) is 11.3. The van der Waals surface area contributed by atoms with Gasteiger partial charge in [-0.1, -0.05) is 12.1 Å². The van der Waals surface area contributed by atoms with Crippen molar-refractivity contribution in [3.8, 4) is 10.4 Å². The summed E-state index contributed by atoms with van der Waals surface area (Å²) in [6.07, 6.45) is -0.553. The number of thiazole rings is 1. The van der Waals surface area contributed by atoms with Gasteiger partial charge in [-0.3, -0.25) is 0 Å². The molecule has 0 spiro atoms. The van der Waals surface area contributed by atoms with Crippen molar-refractivity contribution < 1.29 is 27.8 Å². The molecule has 0 aliphatic heterocycles. The van der Waals surface area contributed by atoms with Gasteiger partial charge in [0.1, 0.15) is 22.0 Å². The number of aryl methyl sites for hydroxylation is 1. The quantitative estimate of drug-likeness (QED) is 0.341. The number of ether oxygens (including phenoxy) is 1. The summed E-state index contributed by atoms with van der Waals surface area (Å²) in [5.74, 6) is -0.769. The van der Waals surface area contributed by atoms with Crippen molar-refractivity contribution in [3.05, 3.63) is 82.5 Å². The lowest BCUT2D eigenvalue weighted by molar-refractivity contribution is -0.141. The van der Waals surface area contributed by atoms with Crippen molar-refractivity contribution in [2.24, 2.45) is 0 Å².